The summed E-state index contributed by atoms with van der Waals surface area (Å²) in [7, 11) is 0. The van der Waals surface area contributed by atoms with Crippen LogP contribution < -0.4 is 4.84 Å². The molecule has 0 unspecified atom stereocenters. The molecule has 0 saturated heterocycles. The molecule has 0 aromatic heterocycles. The second-order valence-corrected chi connectivity index (χ2v) is 2.15. The van der Waals surface area contributed by atoms with E-state index < -0.39 is 0 Å². The maximum Gasteiger partial charge on any atom is 0.0491 e. The SMILES string of the molecule is CCl.Cc1ccc(NCl)cc1. The monoisotopic (exact) mass is 191 g/mol. The van der Waals surface area contributed by atoms with Gasteiger partial charge in [0.15, 0.2) is 0 Å². The van der Waals surface area contributed by atoms with Gasteiger partial charge >= 0.3 is 0 Å². The number of hydrogen-bond donors (Lipinski definition) is 1. The standard InChI is InChI=1S/C7H8ClN.CH3Cl/c1-6-2-4-7(9-8)5-3-6;1-2/h2-5,9H,1H3;1H3. The number of anilines is 1. The Balaban J connectivity index is 0.000000461. The molecule has 0 heterocycles. The highest BCUT2D eigenvalue weighted by Crippen LogP contribution is 2.08. The second kappa shape index (κ2) is 6.32. The zero-order valence-corrected chi connectivity index (χ0v) is 8.08. The first-order valence-corrected chi connectivity index (χ1v) is 4.27. The Labute approximate surface area is 77.4 Å². The number of halogens is 2. The summed E-state index contributed by atoms with van der Waals surface area (Å²) >= 11 is 9.97. The van der Waals surface area contributed by atoms with Crippen molar-refractivity contribution in [2.24, 2.45) is 0 Å². The topological polar surface area (TPSA) is 12.0 Å². The fourth-order valence-corrected chi connectivity index (χ4v) is 0.743. The third-order valence-corrected chi connectivity index (χ3v) is 1.38. The zero-order valence-electron chi connectivity index (χ0n) is 6.57. The fourth-order valence-electron chi connectivity index (χ4n) is 0.617. The number of nitrogens with one attached hydrogen (secondary N) is 1. The lowest BCUT2D eigenvalue weighted by Crippen LogP contribution is -1.78. The Morgan fingerprint density at radius 3 is 1.91 bits per heavy atom. The van der Waals surface area contributed by atoms with Gasteiger partial charge in [-0.3, -0.25) is 4.84 Å². The molecule has 1 aromatic carbocycles. The lowest BCUT2D eigenvalue weighted by atomic mass is 10.2. The lowest BCUT2D eigenvalue weighted by Gasteiger charge is -1.95. The van der Waals surface area contributed by atoms with Crippen LogP contribution in [0.15, 0.2) is 24.3 Å². The summed E-state index contributed by atoms with van der Waals surface area (Å²) in [5, 5.41) is 0. The van der Waals surface area contributed by atoms with E-state index in [9.17, 15) is 0 Å². The molecule has 0 aliphatic heterocycles. The van der Waals surface area contributed by atoms with Crippen LogP contribution in [0.1, 0.15) is 5.56 Å². The van der Waals surface area contributed by atoms with Crippen LogP contribution in [0, 0.1) is 6.92 Å². The summed E-state index contributed by atoms with van der Waals surface area (Å²) in [6.07, 6.45) is 1.47. The molecule has 1 aromatic rings. The van der Waals surface area contributed by atoms with Gasteiger partial charge in [-0.1, -0.05) is 17.7 Å². The van der Waals surface area contributed by atoms with Crippen molar-refractivity contribution in [1.29, 1.82) is 0 Å². The van der Waals surface area contributed by atoms with E-state index in [1.54, 1.807) is 0 Å². The predicted octanol–water partition coefficient (Wildman–Crippen LogP) is 3.42. The Hall–Kier alpha value is -0.400. The van der Waals surface area contributed by atoms with Crippen LogP contribution in [0.25, 0.3) is 0 Å². The van der Waals surface area contributed by atoms with Crippen molar-refractivity contribution in [3.63, 3.8) is 0 Å². The quantitative estimate of drug-likeness (QED) is 0.531. The first-order valence-electron chi connectivity index (χ1n) is 3.14. The van der Waals surface area contributed by atoms with Crippen molar-refractivity contribution in [2.45, 2.75) is 6.92 Å². The average Bonchev–Trinajstić information content (AvgIpc) is 2.10. The van der Waals surface area contributed by atoms with E-state index in [-0.39, 0.29) is 0 Å². The molecule has 0 fully saturated rings. The van der Waals surface area contributed by atoms with Crippen molar-refractivity contribution in [1.82, 2.24) is 0 Å². The first-order chi connectivity index (χ1) is 5.33. The first kappa shape index (κ1) is 10.6. The number of hydrogen-bond acceptors (Lipinski definition) is 1. The molecule has 0 radical (unpaired) electrons. The molecule has 0 amide bonds. The van der Waals surface area contributed by atoms with Crippen molar-refractivity contribution in [2.75, 3.05) is 11.2 Å². The van der Waals surface area contributed by atoms with Gasteiger partial charge in [0.05, 0.1) is 0 Å². The lowest BCUT2D eigenvalue weighted by molar-refractivity contribution is 1.47. The summed E-state index contributed by atoms with van der Waals surface area (Å²) in [5.41, 5.74) is 2.17. The van der Waals surface area contributed by atoms with Gasteiger partial charge in [0, 0.05) is 23.8 Å². The third-order valence-electron chi connectivity index (χ3n) is 1.16. The Bertz CT molecular complexity index is 184. The molecule has 1 rings (SSSR count). The van der Waals surface area contributed by atoms with Crippen molar-refractivity contribution >= 4 is 29.1 Å². The van der Waals surface area contributed by atoms with Crippen LogP contribution in [0.4, 0.5) is 5.69 Å². The second-order valence-electron chi connectivity index (χ2n) is 1.96. The summed E-state index contributed by atoms with van der Waals surface area (Å²) in [6, 6.07) is 7.88. The van der Waals surface area contributed by atoms with Gasteiger partial charge in [-0.2, -0.15) is 0 Å². The van der Waals surface area contributed by atoms with E-state index in [1.165, 1.54) is 11.9 Å². The molecular weight excluding hydrogens is 181 g/mol. The van der Waals surface area contributed by atoms with Crippen LogP contribution in [0.3, 0.4) is 0 Å². The van der Waals surface area contributed by atoms with Gasteiger partial charge in [-0.25, -0.2) is 0 Å². The Kier molecular flexibility index (Phi) is 6.09. The summed E-state index contributed by atoms with van der Waals surface area (Å²) in [5.74, 6) is 0. The van der Waals surface area contributed by atoms with Gasteiger partial charge in [0.25, 0.3) is 0 Å². The number of benzene rings is 1. The van der Waals surface area contributed by atoms with Gasteiger partial charge in [0.2, 0.25) is 0 Å². The highest BCUT2D eigenvalue weighted by atomic mass is 35.5. The predicted molar refractivity (Wildman–Crippen MR) is 52.4 cm³/mol. The van der Waals surface area contributed by atoms with Crippen molar-refractivity contribution in [3.8, 4) is 0 Å². The minimum absolute atomic E-state index is 0.933. The van der Waals surface area contributed by atoms with E-state index in [4.69, 9.17) is 11.8 Å². The fraction of sp³-hybridized carbons (Fsp3) is 0.250. The zero-order chi connectivity index (χ0) is 8.69. The van der Waals surface area contributed by atoms with Crippen LogP contribution in [0.5, 0.6) is 0 Å². The van der Waals surface area contributed by atoms with E-state index in [0.29, 0.717) is 0 Å². The molecule has 1 nitrogen and oxygen atoms in total. The molecule has 1 N–H and O–H groups in total. The minimum Gasteiger partial charge on any atom is -0.299 e. The number of aryl methyl sites for hydroxylation is 1. The average molecular weight is 192 g/mol. The smallest absolute Gasteiger partial charge is 0.0491 e. The molecule has 0 atom stereocenters. The Morgan fingerprint density at radius 1 is 1.09 bits per heavy atom. The highest BCUT2D eigenvalue weighted by Gasteiger charge is 1.84. The molecule has 11 heavy (non-hydrogen) atoms. The maximum atomic E-state index is 5.33. The van der Waals surface area contributed by atoms with Crippen molar-refractivity contribution in [3.05, 3.63) is 29.8 Å². The van der Waals surface area contributed by atoms with Crippen LogP contribution in [0.2, 0.25) is 0 Å². The molecule has 0 spiro atoms. The van der Waals surface area contributed by atoms with E-state index in [2.05, 4.69) is 16.4 Å². The Morgan fingerprint density at radius 2 is 1.55 bits per heavy atom. The van der Waals surface area contributed by atoms with E-state index >= 15 is 0 Å². The van der Waals surface area contributed by atoms with Crippen molar-refractivity contribution < 1.29 is 0 Å². The minimum atomic E-state index is 0.933. The normalized spacial score (nSPS) is 8.00. The largest absolute Gasteiger partial charge is 0.299 e. The number of alkyl halides is 1. The van der Waals surface area contributed by atoms with Gasteiger partial charge in [-0.05, 0) is 19.1 Å². The van der Waals surface area contributed by atoms with Gasteiger partial charge in [0.1, 0.15) is 0 Å². The third kappa shape index (κ3) is 4.12. The van der Waals surface area contributed by atoms with Crippen LogP contribution in [-0.4, -0.2) is 6.38 Å². The van der Waals surface area contributed by atoms with Crippen LogP contribution in [-0.2, 0) is 0 Å². The maximum absolute atomic E-state index is 5.33. The molecule has 0 aliphatic carbocycles. The summed E-state index contributed by atoms with van der Waals surface area (Å²) in [4.78, 5) is 2.53. The van der Waals surface area contributed by atoms with Crippen LogP contribution >= 0.6 is 23.4 Å². The molecule has 62 valence electrons. The molecular formula is C8H11Cl2N. The van der Waals surface area contributed by atoms with Gasteiger partial charge < -0.3 is 0 Å². The van der Waals surface area contributed by atoms with E-state index in [0.717, 1.165) is 5.69 Å². The highest BCUT2D eigenvalue weighted by molar-refractivity contribution is 6.23. The number of rotatable bonds is 1. The molecule has 0 saturated carbocycles. The van der Waals surface area contributed by atoms with Gasteiger partial charge in [-0.15, -0.1) is 11.6 Å². The molecule has 0 bridgehead atoms. The molecule has 0 aliphatic rings. The van der Waals surface area contributed by atoms with E-state index in [1.807, 2.05) is 31.2 Å². The summed E-state index contributed by atoms with van der Waals surface area (Å²) in [6.45, 7) is 2.04. The molecule has 3 heteroatoms. The summed E-state index contributed by atoms with van der Waals surface area (Å²) < 4.78 is 0.